The molecule has 1 saturated heterocycles. The highest BCUT2D eigenvalue weighted by Crippen LogP contribution is 2.26. The van der Waals surface area contributed by atoms with Crippen molar-refractivity contribution < 1.29 is 9.53 Å². The van der Waals surface area contributed by atoms with Gasteiger partial charge in [-0.15, -0.1) is 11.3 Å². The Balaban J connectivity index is 1.87. The minimum absolute atomic E-state index is 0.0612. The van der Waals surface area contributed by atoms with Crippen molar-refractivity contribution in [2.75, 3.05) is 19.8 Å². The summed E-state index contributed by atoms with van der Waals surface area (Å²) in [6.45, 7) is 5.52. The summed E-state index contributed by atoms with van der Waals surface area (Å²) in [7, 11) is 0. The predicted molar refractivity (Wildman–Crippen MR) is 80.4 cm³/mol. The SMILES string of the molecule is Cc1ccc(C(=O)N2CCOC[C@@H]2c2csc(C)n2)nc1. The second-order valence-corrected chi connectivity index (χ2v) is 6.16. The van der Waals surface area contributed by atoms with Gasteiger partial charge >= 0.3 is 0 Å². The molecule has 1 amide bonds. The van der Waals surface area contributed by atoms with Gasteiger partial charge in [-0.3, -0.25) is 9.78 Å². The number of morpholine rings is 1. The first kappa shape index (κ1) is 14.2. The van der Waals surface area contributed by atoms with Gasteiger partial charge < -0.3 is 9.64 Å². The van der Waals surface area contributed by atoms with Crippen LogP contribution in [0, 0.1) is 13.8 Å². The number of hydrogen-bond acceptors (Lipinski definition) is 5. The average molecular weight is 303 g/mol. The van der Waals surface area contributed by atoms with Crippen LogP contribution in [-0.4, -0.2) is 40.5 Å². The maximum atomic E-state index is 12.7. The van der Waals surface area contributed by atoms with Crippen LogP contribution in [0.15, 0.2) is 23.7 Å². The number of thiazole rings is 1. The summed E-state index contributed by atoms with van der Waals surface area (Å²) in [5, 5.41) is 2.99. The van der Waals surface area contributed by atoms with Crippen LogP contribution < -0.4 is 0 Å². The molecule has 5 nitrogen and oxygen atoms in total. The van der Waals surface area contributed by atoms with Crippen molar-refractivity contribution in [3.8, 4) is 0 Å². The van der Waals surface area contributed by atoms with Gasteiger partial charge in [0.25, 0.3) is 5.91 Å². The van der Waals surface area contributed by atoms with Crippen molar-refractivity contribution >= 4 is 17.2 Å². The van der Waals surface area contributed by atoms with Crippen molar-refractivity contribution in [1.29, 1.82) is 0 Å². The molecule has 1 aliphatic heterocycles. The number of amides is 1. The molecule has 1 fully saturated rings. The fourth-order valence-electron chi connectivity index (χ4n) is 2.37. The maximum absolute atomic E-state index is 12.7. The lowest BCUT2D eigenvalue weighted by molar-refractivity contribution is -0.00407. The van der Waals surface area contributed by atoms with Gasteiger partial charge in [-0.25, -0.2) is 4.98 Å². The van der Waals surface area contributed by atoms with Crippen molar-refractivity contribution in [1.82, 2.24) is 14.9 Å². The van der Waals surface area contributed by atoms with Crippen LogP contribution in [0.5, 0.6) is 0 Å². The zero-order valence-electron chi connectivity index (χ0n) is 12.1. The van der Waals surface area contributed by atoms with Gasteiger partial charge in [-0.05, 0) is 25.5 Å². The summed E-state index contributed by atoms with van der Waals surface area (Å²) in [5.74, 6) is -0.0612. The number of aryl methyl sites for hydroxylation is 2. The van der Waals surface area contributed by atoms with E-state index in [1.54, 1.807) is 23.6 Å². The fourth-order valence-corrected chi connectivity index (χ4v) is 3.03. The van der Waals surface area contributed by atoms with E-state index in [2.05, 4.69) is 9.97 Å². The number of rotatable bonds is 2. The standard InChI is InChI=1S/C15H17N3O2S/c1-10-3-4-12(16-7-10)15(19)18-5-6-20-8-14(18)13-9-21-11(2)17-13/h3-4,7,9,14H,5-6,8H2,1-2H3/t14-/m1/s1. The van der Waals surface area contributed by atoms with Gasteiger partial charge in [0.1, 0.15) is 5.69 Å². The number of aromatic nitrogens is 2. The molecule has 21 heavy (non-hydrogen) atoms. The molecule has 0 radical (unpaired) electrons. The van der Waals surface area contributed by atoms with Gasteiger partial charge in [-0.1, -0.05) is 6.07 Å². The molecule has 0 unspecified atom stereocenters. The summed E-state index contributed by atoms with van der Waals surface area (Å²) in [4.78, 5) is 23.2. The minimum atomic E-state index is -0.126. The van der Waals surface area contributed by atoms with Crippen molar-refractivity contribution in [2.45, 2.75) is 19.9 Å². The third-order valence-corrected chi connectivity index (χ3v) is 4.29. The Morgan fingerprint density at radius 2 is 2.29 bits per heavy atom. The van der Waals surface area contributed by atoms with Crippen molar-refractivity contribution in [3.05, 3.63) is 45.7 Å². The largest absolute Gasteiger partial charge is 0.377 e. The predicted octanol–water partition coefficient (Wildman–Crippen LogP) is 2.37. The Labute approximate surface area is 127 Å². The normalized spacial score (nSPS) is 18.8. The quantitative estimate of drug-likeness (QED) is 0.854. The first-order valence-electron chi connectivity index (χ1n) is 6.88. The monoisotopic (exact) mass is 303 g/mol. The highest BCUT2D eigenvalue weighted by Gasteiger charge is 2.31. The van der Waals surface area contributed by atoms with Crippen LogP contribution in [0.2, 0.25) is 0 Å². The van der Waals surface area contributed by atoms with E-state index in [1.807, 2.05) is 30.2 Å². The molecule has 1 atom stereocenters. The molecular weight excluding hydrogens is 286 g/mol. The Bertz CT molecular complexity index is 639. The number of ether oxygens (including phenoxy) is 1. The molecule has 0 aromatic carbocycles. The van der Waals surface area contributed by atoms with Crippen molar-refractivity contribution in [3.63, 3.8) is 0 Å². The summed E-state index contributed by atoms with van der Waals surface area (Å²) < 4.78 is 5.53. The first-order chi connectivity index (χ1) is 10.1. The number of hydrogen-bond donors (Lipinski definition) is 0. The van der Waals surface area contributed by atoms with Gasteiger partial charge in [-0.2, -0.15) is 0 Å². The molecule has 0 N–H and O–H groups in total. The summed E-state index contributed by atoms with van der Waals surface area (Å²) in [5.41, 5.74) is 2.41. The number of nitrogens with zero attached hydrogens (tertiary/aromatic N) is 3. The lowest BCUT2D eigenvalue weighted by Gasteiger charge is -2.34. The Morgan fingerprint density at radius 1 is 1.43 bits per heavy atom. The molecule has 6 heteroatoms. The molecule has 0 aliphatic carbocycles. The van der Waals surface area contributed by atoms with E-state index in [0.29, 0.717) is 25.5 Å². The summed E-state index contributed by atoms with van der Waals surface area (Å²) in [6, 6.07) is 3.55. The van der Waals surface area contributed by atoms with Gasteiger partial charge in [0, 0.05) is 18.1 Å². The van der Waals surface area contributed by atoms with Crippen LogP contribution in [0.3, 0.4) is 0 Å². The van der Waals surface area contributed by atoms with E-state index in [9.17, 15) is 4.79 Å². The van der Waals surface area contributed by atoms with Crippen LogP contribution >= 0.6 is 11.3 Å². The molecular formula is C15H17N3O2S. The smallest absolute Gasteiger partial charge is 0.273 e. The van der Waals surface area contributed by atoms with E-state index in [1.165, 1.54) is 0 Å². The summed E-state index contributed by atoms with van der Waals surface area (Å²) >= 11 is 1.59. The number of pyridine rings is 1. The van der Waals surface area contributed by atoms with E-state index < -0.39 is 0 Å². The molecule has 0 saturated carbocycles. The molecule has 2 aromatic rings. The van der Waals surface area contributed by atoms with E-state index in [-0.39, 0.29) is 11.9 Å². The van der Waals surface area contributed by atoms with E-state index in [0.717, 1.165) is 16.3 Å². The first-order valence-corrected chi connectivity index (χ1v) is 7.76. The molecule has 3 rings (SSSR count). The average Bonchev–Trinajstić information content (AvgIpc) is 2.94. The zero-order valence-corrected chi connectivity index (χ0v) is 12.9. The zero-order chi connectivity index (χ0) is 14.8. The van der Waals surface area contributed by atoms with Crippen molar-refractivity contribution in [2.24, 2.45) is 0 Å². The molecule has 110 valence electrons. The second kappa shape index (κ2) is 5.91. The number of carbonyl (C=O) groups is 1. The van der Waals surface area contributed by atoms with E-state index >= 15 is 0 Å². The minimum Gasteiger partial charge on any atom is -0.377 e. The molecule has 1 aliphatic rings. The van der Waals surface area contributed by atoms with Gasteiger partial charge in [0.05, 0.1) is 30.0 Å². The Morgan fingerprint density at radius 3 is 2.95 bits per heavy atom. The Hall–Kier alpha value is -1.79. The maximum Gasteiger partial charge on any atom is 0.273 e. The van der Waals surface area contributed by atoms with Crippen LogP contribution in [0.1, 0.15) is 32.8 Å². The topological polar surface area (TPSA) is 55.3 Å². The van der Waals surface area contributed by atoms with Crippen LogP contribution in [0.4, 0.5) is 0 Å². The van der Waals surface area contributed by atoms with Crippen LogP contribution in [0.25, 0.3) is 0 Å². The lowest BCUT2D eigenvalue weighted by atomic mass is 10.1. The fraction of sp³-hybridized carbons (Fsp3) is 0.400. The summed E-state index contributed by atoms with van der Waals surface area (Å²) in [6.07, 6.45) is 1.72. The third-order valence-electron chi connectivity index (χ3n) is 3.50. The van der Waals surface area contributed by atoms with Gasteiger partial charge in [0.15, 0.2) is 0 Å². The Kier molecular flexibility index (Phi) is 3.98. The van der Waals surface area contributed by atoms with E-state index in [4.69, 9.17) is 4.74 Å². The highest BCUT2D eigenvalue weighted by atomic mass is 32.1. The van der Waals surface area contributed by atoms with Gasteiger partial charge in [0.2, 0.25) is 0 Å². The third kappa shape index (κ3) is 2.96. The molecule has 0 spiro atoms. The molecule has 2 aromatic heterocycles. The lowest BCUT2D eigenvalue weighted by Crippen LogP contribution is -2.43. The molecule has 0 bridgehead atoms. The van der Waals surface area contributed by atoms with Crippen LogP contribution in [-0.2, 0) is 4.74 Å². The second-order valence-electron chi connectivity index (χ2n) is 5.10. The number of carbonyl (C=O) groups excluding carboxylic acids is 1. The highest BCUT2D eigenvalue weighted by molar-refractivity contribution is 7.09. The molecule has 3 heterocycles.